The molecule has 0 bridgehead atoms. The quantitative estimate of drug-likeness (QED) is 0.598. The van der Waals surface area contributed by atoms with Gasteiger partial charge in [-0.2, -0.15) is 0 Å². The Morgan fingerprint density at radius 1 is 0.684 bits per heavy atom. The molecular formula is C19H21. The lowest BCUT2D eigenvalue weighted by Crippen LogP contribution is -1.85. The summed E-state index contributed by atoms with van der Waals surface area (Å²) in [5.74, 6) is 0. The van der Waals surface area contributed by atoms with E-state index in [4.69, 9.17) is 0 Å². The van der Waals surface area contributed by atoms with Crippen LogP contribution in [-0.4, -0.2) is 0 Å². The van der Waals surface area contributed by atoms with E-state index in [1.54, 1.807) is 0 Å². The molecule has 0 N–H and O–H groups in total. The van der Waals surface area contributed by atoms with E-state index in [9.17, 15) is 0 Å². The minimum atomic E-state index is 1.18. The van der Waals surface area contributed by atoms with Crippen LogP contribution in [0, 0.1) is 6.42 Å². The van der Waals surface area contributed by atoms with Crippen molar-refractivity contribution in [1.29, 1.82) is 0 Å². The summed E-state index contributed by atoms with van der Waals surface area (Å²) >= 11 is 0. The molecule has 0 fully saturated rings. The van der Waals surface area contributed by atoms with Crippen LogP contribution in [0.5, 0.6) is 0 Å². The van der Waals surface area contributed by atoms with Gasteiger partial charge in [-0.25, -0.2) is 0 Å². The van der Waals surface area contributed by atoms with Gasteiger partial charge >= 0.3 is 0 Å². The van der Waals surface area contributed by atoms with Crippen LogP contribution in [-0.2, 0) is 12.8 Å². The molecule has 3 rings (SSSR count). The third-order valence-electron chi connectivity index (χ3n) is 3.91. The molecule has 0 aromatic heterocycles. The minimum Gasteiger partial charge on any atom is -0.0651 e. The van der Waals surface area contributed by atoms with Gasteiger partial charge in [0.15, 0.2) is 0 Å². The summed E-state index contributed by atoms with van der Waals surface area (Å²) in [5.41, 5.74) is 8.51. The van der Waals surface area contributed by atoms with Crippen molar-refractivity contribution in [3.8, 4) is 11.1 Å². The van der Waals surface area contributed by atoms with E-state index in [2.05, 4.69) is 56.7 Å². The lowest BCUT2D eigenvalue weighted by Gasteiger charge is -2.05. The highest BCUT2D eigenvalue weighted by Crippen LogP contribution is 2.39. The summed E-state index contributed by atoms with van der Waals surface area (Å²) in [4.78, 5) is 0. The largest absolute Gasteiger partial charge is 0.0651 e. The Morgan fingerprint density at radius 3 is 1.58 bits per heavy atom. The van der Waals surface area contributed by atoms with E-state index in [1.807, 2.05) is 0 Å². The Bertz CT molecular complexity index is 539. The Kier molecular flexibility index (Phi) is 3.42. The molecule has 0 unspecified atom stereocenters. The van der Waals surface area contributed by atoms with Gasteiger partial charge in [0.05, 0.1) is 0 Å². The van der Waals surface area contributed by atoms with Crippen LogP contribution in [0.1, 0.15) is 48.9 Å². The number of hydrogen-bond donors (Lipinski definition) is 0. The molecule has 0 saturated heterocycles. The molecule has 1 aliphatic rings. The maximum atomic E-state index is 2.36. The number of rotatable bonds is 4. The van der Waals surface area contributed by atoms with Crippen molar-refractivity contribution in [3.63, 3.8) is 0 Å². The fraction of sp³-hybridized carbons (Fsp3) is 0.316. The standard InChI is InChI=1S/C19H21/c1-3-5-14-7-9-18-16(11-14)13-17-12-15(6-4-2)8-10-19(17)18/h7-13H,3-6H2,1-2H3. The second-order valence-corrected chi connectivity index (χ2v) is 5.49. The van der Waals surface area contributed by atoms with E-state index in [1.165, 1.54) is 59.1 Å². The van der Waals surface area contributed by atoms with Crippen LogP contribution >= 0.6 is 0 Å². The van der Waals surface area contributed by atoms with Crippen molar-refractivity contribution >= 4 is 0 Å². The van der Waals surface area contributed by atoms with Crippen LogP contribution in [0.2, 0.25) is 0 Å². The predicted molar refractivity (Wildman–Crippen MR) is 82.4 cm³/mol. The normalized spacial score (nSPS) is 12.3. The second-order valence-electron chi connectivity index (χ2n) is 5.49. The average molecular weight is 249 g/mol. The van der Waals surface area contributed by atoms with Gasteiger partial charge in [-0.15, -0.1) is 0 Å². The van der Waals surface area contributed by atoms with Gasteiger partial charge in [0.1, 0.15) is 0 Å². The number of hydrogen-bond acceptors (Lipinski definition) is 0. The molecular weight excluding hydrogens is 228 g/mol. The Labute approximate surface area is 116 Å². The van der Waals surface area contributed by atoms with Crippen molar-refractivity contribution in [1.82, 2.24) is 0 Å². The van der Waals surface area contributed by atoms with Crippen molar-refractivity contribution in [2.24, 2.45) is 0 Å². The molecule has 0 heteroatoms. The molecule has 2 aromatic carbocycles. The van der Waals surface area contributed by atoms with Gasteiger partial charge < -0.3 is 0 Å². The van der Waals surface area contributed by atoms with Crippen LogP contribution in [0.3, 0.4) is 0 Å². The second kappa shape index (κ2) is 5.21. The monoisotopic (exact) mass is 249 g/mol. The van der Waals surface area contributed by atoms with Gasteiger partial charge in [-0.1, -0.05) is 63.1 Å². The Hall–Kier alpha value is -1.56. The highest BCUT2D eigenvalue weighted by Gasteiger charge is 2.18. The zero-order valence-corrected chi connectivity index (χ0v) is 11.9. The molecule has 2 aromatic rings. The van der Waals surface area contributed by atoms with Crippen LogP contribution < -0.4 is 0 Å². The maximum Gasteiger partial charge on any atom is 0.0212 e. The fourth-order valence-electron chi connectivity index (χ4n) is 3.01. The topological polar surface area (TPSA) is 0 Å². The van der Waals surface area contributed by atoms with Crippen molar-refractivity contribution in [2.75, 3.05) is 0 Å². The van der Waals surface area contributed by atoms with Crippen molar-refractivity contribution in [2.45, 2.75) is 39.5 Å². The van der Waals surface area contributed by atoms with Crippen LogP contribution in [0.15, 0.2) is 36.4 Å². The highest BCUT2D eigenvalue weighted by atomic mass is 14.2. The first-order chi connectivity index (χ1) is 9.31. The summed E-state index contributed by atoms with van der Waals surface area (Å²) in [6, 6.07) is 13.9. The molecule has 0 nitrogen and oxygen atoms in total. The number of fused-ring (bicyclic) bond motifs is 3. The van der Waals surface area contributed by atoms with E-state index < -0.39 is 0 Å². The zero-order valence-electron chi connectivity index (χ0n) is 11.9. The number of benzene rings is 2. The molecule has 1 radical (unpaired) electrons. The summed E-state index contributed by atoms with van der Waals surface area (Å²) in [6.07, 6.45) is 7.14. The van der Waals surface area contributed by atoms with Gasteiger partial charge in [0, 0.05) is 6.42 Å². The molecule has 0 saturated carbocycles. The van der Waals surface area contributed by atoms with Gasteiger partial charge in [-0.05, 0) is 46.2 Å². The SMILES string of the molecule is CCCc1ccc2c(c1)[CH]c1cc(CCC)ccc1-2. The summed E-state index contributed by atoms with van der Waals surface area (Å²) in [7, 11) is 0. The van der Waals surface area contributed by atoms with E-state index >= 15 is 0 Å². The van der Waals surface area contributed by atoms with Crippen LogP contribution in [0.25, 0.3) is 11.1 Å². The Morgan fingerprint density at radius 2 is 1.16 bits per heavy atom. The molecule has 0 atom stereocenters. The van der Waals surface area contributed by atoms with Crippen molar-refractivity contribution in [3.05, 3.63) is 65.1 Å². The van der Waals surface area contributed by atoms with E-state index in [0.717, 1.165) is 0 Å². The molecule has 0 heterocycles. The zero-order chi connectivity index (χ0) is 13.2. The van der Waals surface area contributed by atoms with Gasteiger partial charge in [0.25, 0.3) is 0 Å². The molecule has 0 spiro atoms. The summed E-state index contributed by atoms with van der Waals surface area (Å²) in [6.45, 7) is 4.48. The summed E-state index contributed by atoms with van der Waals surface area (Å²) < 4.78 is 0. The molecule has 0 aliphatic heterocycles. The third kappa shape index (κ3) is 2.32. The minimum absolute atomic E-state index is 1.18. The molecule has 19 heavy (non-hydrogen) atoms. The first-order valence-electron chi connectivity index (χ1n) is 7.42. The predicted octanol–water partition coefficient (Wildman–Crippen LogP) is 5.17. The van der Waals surface area contributed by atoms with Gasteiger partial charge in [-0.3, -0.25) is 0 Å². The first kappa shape index (κ1) is 12.5. The average Bonchev–Trinajstić information content (AvgIpc) is 2.76. The van der Waals surface area contributed by atoms with Gasteiger partial charge in [0.2, 0.25) is 0 Å². The molecule has 1 aliphatic carbocycles. The van der Waals surface area contributed by atoms with Crippen molar-refractivity contribution < 1.29 is 0 Å². The maximum absolute atomic E-state index is 2.36. The van der Waals surface area contributed by atoms with Crippen LogP contribution in [0.4, 0.5) is 0 Å². The highest BCUT2D eigenvalue weighted by molar-refractivity contribution is 5.81. The first-order valence-corrected chi connectivity index (χ1v) is 7.42. The lowest BCUT2D eigenvalue weighted by atomic mass is 10.0. The molecule has 97 valence electrons. The fourth-order valence-corrected chi connectivity index (χ4v) is 3.01. The summed E-state index contributed by atoms with van der Waals surface area (Å²) in [5, 5.41) is 0. The number of aryl methyl sites for hydroxylation is 2. The lowest BCUT2D eigenvalue weighted by molar-refractivity contribution is 0.921. The van der Waals surface area contributed by atoms with E-state index in [-0.39, 0.29) is 0 Å². The Balaban J connectivity index is 1.96. The third-order valence-corrected chi connectivity index (χ3v) is 3.91. The van der Waals surface area contributed by atoms with E-state index in [0.29, 0.717) is 0 Å². The smallest absolute Gasteiger partial charge is 0.0212 e. The molecule has 0 amide bonds.